The van der Waals surface area contributed by atoms with E-state index in [1.807, 2.05) is 32.0 Å². The van der Waals surface area contributed by atoms with Crippen molar-refractivity contribution in [1.82, 2.24) is 5.32 Å². The van der Waals surface area contributed by atoms with Crippen molar-refractivity contribution in [3.05, 3.63) is 58.1 Å². The molecule has 0 bridgehead atoms. The van der Waals surface area contributed by atoms with Gasteiger partial charge in [0.15, 0.2) is 11.5 Å². The Hall–Kier alpha value is -1.52. The molecule has 23 heavy (non-hydrogen) atoms. The molecule has 0 aliphatic carbocycles. The fourth-order valence-electron chi connectivity index (χ4n) is 2.37. The second kappa shape index (κ2) is 8.94. The molecular weight excluding hydrogens is 354 g/mol. The van der Waals surface area contributed by atoms with E-state index >= 15 is 0 Å². The van der Waals surface area contributed by atoms with Crippen LogP contribution in [0.5, 0.6) is 11.5 Å². The van der Waals surface area contributed by atoms with Crippen molar-refractivity contribution in [2.45, 2.75) is 33.4 Å². The van der Waals surface area contributed by atoms with E-state index in [2.05, 4.69) is 52.4 Å². The van der Waals surface area contributed by atoms with E-state index in [0.29, 0.717) is 13.2 Å². The van der Waals surface area contributed by atoms with Crippen LogP contribution in [0.25, 0.3) is 0 Å². The molecule has 0 aliphatic heterocycles. The number of halogens is 1. The highest BCUT2D eigenvalue weighted by Gasteiger charge is 2.12. The Kier molecular flexibility index (Phi) is 6.93. The van der Waals surface area contributed by atoms with E-state index in [0.717, 1.165) is 28.1 Å². The van der Waals surface area contributed by atoms with E-state index in [9.17, 15) is 0 Å². The van der Waals surface area contributed by atoms with Gasteiger partial charge < -0.3 is 14.8 Å². The molecule has 0 saturated heterocycles. The first-order chi connectivity index (χ1) is 11.2. The molecule has 2 aromatic carbocycles. The molecule has 1 N–H and O–H groups in total. The molecule has 0 amide bonds. The van der Waals surface area contributed by atoms with Gasteiger partial charge in [-0.05, 0) is 44.0 Å². The molecule has 4 heteroatoms. The Morgan fingerprint density at radius 2 is 1.61 bits per heavy atom. The number of hydrogen-bond donors (Lipinski definition) is 1. The first kappa shape index (κ1) is 17.8. The van der Waals surface area contributed by atoms with Crippen LogP contribution in [0.3, 0.4) is 0 Å². The van der Waals surface area contributed by atoms with Crippen LogP contribution in [0.4, 0.5) is 0 Å². The molecule has 1 atom stereocenters. The smallest absolute Gasteiger partial charge is 0.162 e. The van der Waals surface area contributed by atoms with Crippen molar-refractivity contribution in [1.29, 1.82) is 0 Å². The highest BCUT2D eigenvalue weighted by atomic mass is 79.9. The van der Waals surface area contributed by atoms with Gasteiger partial charge in [-0.15, -0.1) is 0 Å². The molecule has 3 nitrogen and oxygen atoms in total. The predicted octanol–water partition coefficient (Wildman–Crippen LogP) is 5.10. The third-order valence-corrected chi connectivity index (χ3v) is 4.35. The van der Waals surface area contributed by atoms with Gasteiger partial charge in [-0.2, -0.15) is 0 Å². The maximum Gasteiger partial charge on any atom is 0.162 e. The summed E-state index contributed by atoms with van der Waals surface area (Å²) in [5.41, 5.74) is 2.43. The van der Waals surface area contributed by atoms with Crippen LogP contribution in [0.2, 0.25) is 0 Å². The van der Waals surface area contributed by atoms with Crippen LogP contribution >= 0.6 is 15.9 Å². The molecule has 124 valence electrons. The quantitative estimate of drug-likeness (QED) is 0.694. The van der Waals surface area contributed by atoms with Gasteiger partial charge in [0.05, 0.1) is 13.2 Å². The first-order valence-electron chi connectivity index (χ1n) is 8.02. The third-order valence-electron chi connectivity index (χ3n) is 3.61. The Morgan fingerprint density at radius 3 is 2.22 bits per heavy atom. The van der Waals surface area contributed by atoms with Gasteiger partial charge in [-0.25, -0.2) is 0 Å². The lowest BCUT2D eigenvalue weighted by molar-refractivity contribution is 0.287. The first-order valence-corrected chi connectivity index (χ1v) is 8.81. The summed E-state index contributed by atoms with van der Waals surface area (Å²) in [6, 6.07) is 14.7. The summed E-state index contributed by atoms with van der Waals surface area (Å²) in [7, 11) is 0. The SMILES string of the molecule is CCOc1cc(Br)c(CNC(C)c2ccccc2)cc1OCC. The molecule has 0 fully saturated rings. The molecule has 0 spiro atoms. The lowest BCUT2D eigenvalue weighted by atomic mass is 10.1. The van der Waals surface area contributed by atoms with Gasteiger partial charge in [0.1, 0.15) is 0 Å². The van der Waals surface area contributed by atoms with E-state index in [-0.39, 0.29) is 6.04 Å². The minimum atomic E-state index is 0.283. The van der Waals surface area contributed by atoms with Crippen molar-refractivity contribution in [2.75, 3.05) is 13.2 Å². The van der Waals surface area contributed by atoms with Gasteiger partial charge >= 0.3 is 0 Å². The number of rotatable bonds is 8. The van der Waals surface area contributed by atoms with Crippen LogP contribution in [-0.2, 0) is 6.54 Å². The van der Waals surface area contributed by atoms with Crippen LogP contribution in [0.1, 0.15) is 37.9 Å². The summed E-state index contributed by atoms with van der Waals surface area (Å²) in [5.74, 6) is 1.57. The second-order valence-corrected chi connectivity index (χ2v) is 6.12. The number of benzene rings is 2. The average molecular weight is 378 g/mol. The number of nitrogens with one attached hydrogen (secondary N) is 1. The molecule has 0 aromatic heterocycles. The zero-order chi connectivity index (χ0) is 16.7. The molecule has 2 rings (SSSR count). The largest absolute Gasteiger partial charge is 0.490 e. The van der Waals surface area contributed by atoms with Gasteiger partial charge in [-0.1, -0.05) is 46.3 Å². The zero-order valence-electron chi connectivity index (χ0n) is 13.9. The lowest BCUT2D eigenvalue weighted by Crippen LogP contribution is -2.18. The van der Waals surface area contributed by atoms with Crippen molar-refractivity contribution in [3.63, 3.8) is 0 Å². The highest BCUT2D eigenvalue weighted by molar-refractivity contribution is 9.10. The maximum atomic E-state index is 5.70. The Balaban J connectivity index is 2.11. The lowest BCUT2D eigenvalue weighted by Gasteiger charge is -2.17. The van der Waals surface area contributed by atoms with Crippen LogP contribution in [0, 0.1) is 0 Å². The predicted molar refractivity (Wildman–Crippen MR) is 98.2 cm³/mol. The summed E-state index contributed by atoms with van der Waals surface area (Å²) in [4.78, 5) is 0. The summed E-state index contributed by atoms with van der Waals surface area (Å²) in [6.07, 6.45) is 0. The molecule has 1 unspecified atom stereocenters. The maximum absolute atomic E-state index is 5.70. The molecule has 0 heterocycles. The monoisotopic (exact) mass is 377 g/mol. The van der Waals surface area contributed by atoms with E-state index in [4.69, 9.17) is 9.47 Å². The molecule has 0 aliphatic rings. The van der Waals surface area contributed by atoms with Gasteiger partial charge in [-0.3, -0.25) is 0 Å². The summed E-state index contributed by atoms with van der Waals surface area (Å²) < 4.78 is 12.4. The normalized spacial score (nSPS) is 12.0. The topological polar surface area (TPSA) is 30.5 Å². The van der Waals surface area contributed by atoms with Gasteiger partial charge in [0, 0.05) is 17.1 Å². The molecule has 0 saturated carbocycles. The highest BCUT2D eigenvalue weighted by Crippen LogP contribution is 2.34. The Bertz CT molecular complexity index is 616. The van der Waals surface area contributed by atoms with E-state index < -0.39 is 0 Å². The standard InChI is InChI=1S/C19H24BrNO2/c1-4-22-18-11-16(17(20)12-19(18)23-5-2)13-21-14(3)15-9-7-6-8-10-15/h6-12,14,21H,4-5,13H2,1-3H3. The van der Waals surface area contributed by atoms with Crippen LogP contribution in [0.15, 0.2) is 46.9 Å². The molecule has 2 aromatic rings. The fraction of sp³-hybridized carbons (Fsp3) is 0.368. The molecule has 0 radical (unpaired) electrons. The van der Waals surface area contributed by atoms with Crippen molar-refractivity contribution in [3.8, 4) is 11.5 Å². The average Bonchev–Trinajstić information content (AvgIpc) is 2.57. The Labute approximate surface area is 147 Å². The van der Waals surface area contributed by atoms with Crippen LogP contribution < -0.4 is 14.8 Å². The van der Waals surface area contributed by atoms with Gasteiger partial charge in [0.2, 0.25) is 0 Å². The second-order valence-electron chi connectivity index (χ2n) is 5.27. The minimum absolute atomic E-state index is 0.283. The minimum Gasteiger partial charge on any atom is -0.490 e. The third kappa shape index (κ3) is 4.98. The van der Waals surface area contributed by atoms with Gasteiger partial charge in [0.25, 0.3) is 0 Å². The summed E-state index contributed by atoms with van der Waals surface area (Å²) in [5, 5.41) is 3.55. The number of hydrogen-bond acceptors (Lipinski definition) is 3. The zero-order valence-corrected chi connectivity index (χ0v) is 15.5. The summed E-state index contributed by atoms with van der Waals surface area (Å²) in [6.45, 7) is 8.11. The Morgan fingerprint density at radius 1 is 1.00 bits per heavy atom. The summed E-state index contributed by atoms with van der Waals surface area (Å²) >= 11 is 3.63. The van der Waals surface area contributed by atoms with Crippen molar-refractivity contribution in [2.24, 2.45) is 0 Å². The number of ether oxygens (including phenoxy) is 2. The molecular formula is C19H24BrNO2. The van der Waals surface area contributed by atoms with E-state index in [1.54, 1.807) is 0 Å². The van der Waals surface area contributed by atoms with E-state index in [1.165, 1.54) is 5.56 Å². The van der Waals surface area contributed by atoms with Crippen molar-refractivity contribution >= 4 is 15.9 Å². The van der Waals surface area contributed by atoms with Crippen LogP contribution in [-0.4, -0.2) is 13.2 Å². The van der Waals surface area contributed by atoms with Crippen molar-refractivity contribution < 1.29 is 9.47 Å². The fourth-order valence-corrected chi connectivity index (χ4v) is 2.83.